The molecule has 158 valence electrons. The molecular weight excluding hydrogens is 382 g/mol. The van der Waals surface area contributed by atoms with Crippen molar-refractivity contribution in [3.63, 3.8) is 0 Å². The van der Waals surface area contributed by atoms with Crippen molar-refractivity contribution in [1.82, 2.24) is 14.9 Å². The molecule has 2 heterocycles. The lowest BCUT2D eigenvalue weighted by Gasteiger charge is -2.36. The molecule has 0 bridgehead atoms. The summed E-state index contributed by atoms with van der Waals surface area (Å²) >= 11 is 0. The molecule has 0 atom stereocenters. The lowest BCUT2D eigenvalue weighted by Crippen LogP contribution is -2.49. The molecule has 0 aliphatic carbocycles. The molecule has 1 aliphatic rings. The van der Waals surface area contributed by atoms with Crippen molar-refractivity contribution >= 4 is 23.5 Å². The van der Waals surface area contributed by atoms with Gasteiger partial charge < -0.3 is 9.80 Å². The minimum atomic E-state index is -0.441. The molecular formula is C22H27N5O3. The van der Waals surface area contributed by atoms with Gasteiger partial charge in [0.25, 0.3) is 5.69 Å². The number of carbonyl (C=O) groups excluding carboxylic acids is 1. The number of nitrogens with zero attached hydrogens (tertiary/aromatic N) is 5. The number of anilines is 1. The van der Waals surface area contributed by atoms with E-state index in [0.717, 1.165) is 22.9 Å². The number of rotatable bonds is 5. The standard InChI is InChI=1S/C22H27N5O3/c1-15(2)21-16(3)23-17(4)24-22(21)26-13-11-25(12-14-26)20(28)10-7-18-5-8-19(9-6-18)27(29)30/h5-10,15H,11-14H2,1-4H3/b10-7+. The maximum atomic E-state index is 12.6. The van der Waals surface area contributed by atoms with Crippen LogP contribution in [0.3, 0.4) is 0 Å². The van der Waals surface area contributed by atoms with Crippen molar-refractivity contribution in [3.8, 4) is 0 Å². The molecule has 2 aromatic rings. The van der Waals surface area contributed by atoms with Crippen LogP contribution in [0.5, 0.6) is 0 Å². The number of hydrogen-bond donors (Lipinski definition) is 0. The second-order valence-corrected chi connectivity index (χ2v) is 7.74. The largest absolute Gasteiger partial charge is 0.353 e. The minimum absolute atomic E-state index is 0.0329. The zero-order valence-corrected chi connectivity index (χ0v) is 17.8. The van der Waals surface area contributed by atoms with Gasteiger partial charge in [-0.1, -0.05) is 13.8 Å². The molecule has 1 amide bonds. The van der Waals surface area contributed by atoms with E-state index in [9.17, 15) is 14.9 Å². The Bertz CT molecular complexity index is 961. The maximum absolute atomic E-state index is 12.6. The van der Waals surface area contributed by atoms with E-state index in [1.165, 1.54) is 23.8 Å². The molecule has 1 aliphatic heterocycles. The monoisotopic (exact) mass is 409 g/mol. The number of carbonyl (C=O) groups is 1. The Hall–Kier alpha value is -3.29. The molecule has 1 fully saturated rings. The summed E-state index contributed by atoms with van der Waals surface area (Å²) in [6.07, 6.45) is 3.21. The van der Waals surface area contributed by atoms with Gasteiger partial charge in [-0.3, -0.25) is 14.9 Å². The third-order valence-electron chi connectivity index (χ3n) is 5.22. The molecule has 30 heavy (non-hydrogen) atoms. The third kappa shape index (κ3) is 4.82. The first kappa shape index (κ1) is 21.4. The Balaban J connectivity index is 1.64. The number of nitro groups is 1. The van der Waals surface area contributed by atoms with Gasteiger partial charge >= 0.3 is 0 Å². The highest BCUT2D eigenvalue weighted by molar-refractivity contribution is 5.92. The number of hydrogen-bond acceptors (Lipinski definition) is 6. The summed E-state index contributed by atoms with van der Waals surface area (Å²) in [5, 5.41) is 10.7. The summed E-state index contributed by atoms with van der Waals surface area (Å²) in [5.74, 6) is 2.00. The van der Waals surface area contributed by atoms with Gasteiger partial charge in [0.1, 0.15) is 11.6 Å². The van der Waals surface area contributed by atoms with Crippen molar-refractivity contribution in [2.45, 2.75) is 33.6 Å². The van der Waals surface area contributed by atoms with E-state index in [0.29, 0.717) is 32.1 Å². The number of amides is 1. The van der Waals surface area contributed by atoms with E-state index in [4.69, 9.17) is 4.98 Å². The Morgan fingerprint density at radius 2 is 1.73 bits per heavy atom. The van der Waals surface area contributed by atoms with Gasteiger partial charge in [-0.05, 0) is 43.5 Å². The van der Waals surface area contributed by atoms with Crippen molar-refractivity contribution < 1.29 is 9.72 Å². The molecule has 0 unspecified atom stereocenters. The maximum Gasteiger partial charge on any atom is 0.269 e. The Morgan fingerprint density at radius 3 is 2.30 bits per heavy atom. The second-order valence-electron chi connectivity index (χ2n) is 7.74. The fourth-order valence-corrected chi connectivity index (χ4v) is 3.74. The van der Waals surface area contributed by atoms with E-state index in [1.807, 2.05) is 18.7 Å². The Labute approximate surface area is 176 Å². The Kier molecular flexibility index (Phi) is 6.44. The van der Waals surface area contributed by atoms with Crippen molar-refractivity contribution in [1.29, 1.82) is 0 Å². The highest BCUT2D eigenvalue weighted by Gasteiger charge is 2.24. The van der Waals surface area contributed by atoms with E-state index < -0.39 is 4.92 Å². The predicted molar refractivity (Wildman–Crippen MR) is 117 cm³/mol. The molecule has 8 nitrogen and oxygen atoms in total. The molecule has 0 radical (unpaired) electrons. The lowest BCUT2D eigenvalue weighted by atomic mass is 10.0. The molecule has 1 saturated heterocycles. The number of piperazine rings is 1. The van der Waals surface area contributed by atoms with Gasteiger partial charge in [0, 0.05) is 55.6 Å². The number of nitro benzene ring substituents is 1. The zero-order chi connectivity index (χ0) is 21.8. The van der Waals surface area contributed by atoms with Gasteiger partial charge in [-0.15, -0.1) is 0 Å². The lowest BCUT2D eigenvalue weighted by molar-refractivity contribution is -0.384. The van der Waals surface area contributed by atoms with Crippen LogP contribution in [0.25, 0.3) is 6.08 Å². The number of aromatic nitrogens is 2. The summed E-state index contributed by atoms with van der Waals surface area (Å²) in [4.78, 5) is 36.1. The summed E-state index contributed by atoms with van der Waals surface area (Å²) in [7, 11) is 0. The smallest absolute Gasteiger partial charge is 0.269 e. The predicted octanol–water partition coefficient (Wildman–Crippen LogP) is 3.49. The van der Waals surface area contributed by atoms with Gasteiger partial charge in [-0.25, -0.2) is 9.97 Å². The first-order valence-corrected chi connectivity index (χ1v) is 10.1. The van der Waals surface area contributed by atoms with Gasteiger partial charge in [0.2, 0.25) is 5.91 Å². The summed E-state index contributed by atoms with van der Waals surface area (Å²) < 4.78 is 0. The summed E-state index contributed by atoms with van der Waals surface area (Å²) in [5.41, 5.74) is 2.96. The van der Waals surface area contributed by atoms with Crippen LogP contribution >= 0.6 is 0 Å². The second kappa shape index (κ2) is 9.02. The molecule has 0 N–H and O–H groups in total. The van der Waals surface area contributed by atoms with Crippen LogP contribution in [0, 0.1) is 24.0 Å². The average Bonchev–Trinajstić information content (AvgIpc) is 2.71. The van der Waals surface area contributed by atoms with Crippen LogP contribution in [0.1, 0.15) is 42.4 Å². The molecule has 0 saturated carbocycles. The number of non-ortho nitro benzene ring substituents is 1. The first-order chi connectivity index (χ1) is 14.3. The fraction of sp³-hybridized carbons (Fsp3) is 0.409. The van der Waals surface area contributed by atoms with Crippen LogP contribution in [-0.2, 0) is 4.79 Å². The van der Waals surface area contributed by atoms with E-state index in [2.05, 4.69) is 23.7 Å². The van der Waals surface area contributed by atoms with Gasteiger partial charge in [0.15, 0.2) is 0 Å². The summed E-state index contributed by atoms with van der Waals surface area (Å²) in [6.45, 7) is 10.9. The zero-order valence-electron chi connectivity index (χ0n) is 17.8. The SMILES string of the molecule is Cc1nc(C)c(C(C)C)c(N2CCN(C(=O)/C=C/c3ccc([N+](=O)[O-])cc3)CC2)n1. The normalized spacial score (nSPS) is 14.6. The quantitative estimate of drug-likeness (QED) is 0.426. The van der Waals surface area contributed by atoms with Crippen LogP contribution in [0.15, 0.2) is 30.3 Å². The van der Waals surface area contributed by atoms with Crippen LogP contribution in [0.2, 0.25) is 0 Å². The van der Waals surface area contributed by atoms with Crippen LogP contribution in [-0.4, -0.2) is 51.9 Å². The van der Waals surface area contributed by atoms with E-state index >= 15 is 0 Å². The van der Waals surface area contributed by atoms with Crippen LogP contribution in [0.4, 0.5) is 11.5 Å². The van der Waals surface area contributed by atoms with Crippen molar-refractivity contribution in [2.75, 3.05) is 31.1 Å². The van der Waals surface area contributed by atoms with Crippen molar-refractivity contribution in [3.05, 3.63) is 63.1 Å². The number of benzene rings is 1. The fourth-order valence-electron chi connectivity index (χ4n) is 3.74. The summed E-state index contributed by atoms with van der Waals surface area (Å²) in [6, 6.07) is 6.13. The van der Waals surface area contributed by atoms with E-state index in [-0.39, 0.29) is 11.6 Å². The molecule has 3 rings (SSSR count). The first-order valence-electron chi connectivity index (χ1n) is 10.1. The average molecular weight is 409 g/mol. The molecule has 0 spiro atoms. The van der Waals surface area contributed by atoms with E-state index in [1.54, 1.807) is 18.2 Å². The van der Waals surface area contributed by atoms with Crippen molar-refractivity contribution in [2.24, 2.45) is 0 Å². The molecule has 8 heteroatoms. The highest BCUT2D eigenvalue weighted by Crippen LogP contribution is 2.29. The third-order valence-corrected chi connectivity index (χ3v) is 5.22. The number of aryl methyl sites for hydroxylation is 2. The van der Waals surface area contributed by atoms with Crippen LogP contribution < -0.4 is 4.90 Å². The van der Waals surface area contributed by atoms with Gasteiger partial charge in [-0.2, -0.15) is 0 Å². The Morgan fingerprint density at radius 1 is 1.10 bits per heavy atom. The molecule has 1 aromatic heterocycles. The molecule has 1 aromatic carbocycles. The topological polar surface area (TPSA) is 92.5 Å². The van der Waals surface area contributed by atoms with Gasteiger partial charge in [0.05, 0.1) is 4.92 Å². The highest BCUT2D eigenvalue weighted by atomic mass is 16.6. The minimum Gasteiger partial charge on any atom is -0.353 e.